The van der Waals surface area contributed by atoms with Crippen molar-refractivity contribution < 1.29 is 0 Å². The monoisotopic (exact) mass is 322 g/mol. The van der Waals surface area contributed by atoms with Gasteiger partial charge in [0.05, 0.1) is 0 Å². The van der Waals surface area contributed by atoms with E-state index in [0.717, 1.165) is 5.56 Å². The quantitative estimate of drug-likeness (QED) is 0.168. The summed E-state index contributed by atoms with van der Waals surface area (Å²) in [5.41, 5.74) is 1.07. The van der Waals surface area contributed by atoms with Crippen molar-refractivity contribution in [3.8, 4) is 11.8 Å². The first-order chi connectivity index (χ1) is 11.8. The van der Waals surface area contributed by atoms with E-state index in [4.69, 9.17) is 0 Å². The Morgan fingerprint density at radius 1 is 0.667 bits per heavy atom. The molecule has 112 valence electrons. The van der Waals surface area contributed by atoms with E-state index < -0.39 is 0 Å². The molecule has 0 saturated carbocycles. The van der Waals surface area contributed by atoms with Crippen LogP contribution in [-0.2, 0) is 0 Å². The van der Waals surface area contributed by atoms with Crippen LogP contribution in [0.4, 0.5) is 0 Å². The van der Waals surface area contributed by atoms with E-state index >= 15 is 0 Å². The van der Waals surface area contributed by atoms with Crippen LogP contribution in [0.15, 0.2) is 66.0 Å². The summed E-state index contributed by atoms with van der Waals surface area (Å²) < 4.78 is 1.35. The van der Waals surface area contributed by atoms with Crippen LogP contribution < -0.4 is 0 Å². The van der Waals surface area contributed by atoms with E-state index in [1.807, 2.05) is 6.92 Å². The lowest BCUT2D eigenvalue weighted by atomic mass is 9.96. The van der Waals surface area contributed by atoms with Gasteiger partial charge < -0.3 is 0 Å². The molecule has 24 heavy (non-hydrogen) atoms. The van der Waals surface area contributed by atoms with Gasteiger partial charge in [-0.3, -0.25) is 0 Å². The van der Waals surface area contributed by atoms with Gasteiger partial charge in [0.25, 0.3) is 0 Å². The molecular weight excluding hydrogens is 308 g/mol. The maximum atomic E-state index is 3.15. The van der Waals surface area contributed by atoms with Crippen LogP contribution in [0.5, 0.6) is 0 Å². The van der Waals surface area contributed by atoms with Crippen LogP contribution in [0.1, 0.15) is 12.5 Å². The summed E-state index contributed by atoms with van der Waals surface area (Å²) in [4.78, 5) is 0. The molecule has 0 N–H and O–H groups in total. The van der Waals surface area contributed by atoms with E-state index in [2.05, 4.69) is 77.9 Å². The van der Waals surface area contributed by atoms with Gasteiger partial charge in [-0.2, -0.15) is 0 Å². The van der Waals surface area contributed by atoms with Crippen molar-refractivity contribution in [3.05, 3.63) is 71.6 Å². The molecule has 0 atom stereocenters. The molecule has 0 fully saturated rings. The fraction of sp³-hybridized carbons (Fsp3) is 0.0435. The van der Waals surface area contributed by atoms with Gasteiger partial charge in [0.2, 0.25) is 0 Å². The molecule has 0 spiro atoms. The Bertz CT molecular complexity index is 1310. The smallest absolute Gasteiger partial charge is 0.0349 e. The molecule has 0 radical (unpaired) electrons. The van der Waals surface area contributed by atoms with E-state index in [-0.39, 0.29) is 0 Å². The molecule has 1 aromatic heterocycles. The van der Waals surface area contributed by atoms with Crippen molar-refractivity contribution in [2.24, 2.45) is 0 Å². The third-order valence-electron chi connectivity index (χ3n) is 4.67. The minimum absolute atomic E-state index is 1.07. The molecule has 0 nitrogen and oxygen atoms in total. The molecule has 0 aliphatic carbocycles. The summed E-state index contributed by atoms with van der Waals surface area (Å²) in [7, 11) is 0. The SMILES string of the molecule is CC#Cc1ccc2cc3c(ccc4c5ccsc5ccc34)cc2c1. The molecule has 0 bridgehead atoms. The van der Waals surface area contributed by atoms with Gasteiger partial charge in [-0.15, -0.1) is 17.3 Å². The van der Waals surface area contributed by atoms with Crippen molar-refractivity contribution in [2.75, 3.05) is 0 Å². The Morgan fingerprint density at radius 2 is 1.50 bits per heavy atom. The molecule has 1 heteroatoms. The molecule has 1 heterocycles. The van der Waals surface area contributed by atoms with Gasteiger partial charge >= 0.3 is 0 Å². The number of thiophene rings is 1. The predicted octanol–water partition coefficient (Wildman–Crippen LogP) is 6.73. The van der Waals surface area contributed by atoms with Crippen molar-refractivity contribution in [3.63, 3.8) is 0 Å². The zero-order valence-corrected chi connectivity index (χ0v) is 14.1. The average Bonchev–Trinajstić information content (AvgIpc) is 3.09. The Morgan fingerprint density at radius 3 is 2.42 bits per heavy atom. The summed E-state index contributed by atoms with van der Waals surface area (Å²) >= 11 is 1.80. The summed E-state index contributed by atoms with van der Waals surface area (Å²) in [5.74, 6) is 6.12. The van der Waals surface area contributed by atoms with E-state index in [1.165, 1.54) is 42.4 Å². The number of hydrogen-bond donors (Lipinski definition) is 0. The van der Waals surface area contributed by atoms with E-state index in [9.17, 15) is 0 Å². The Labute approximate surface area is 144 Å². The van der Waals surface area contributed by atoms with Crippen molar-refractivity contribution in [2.45, 2.75) is 6.92 Å². The second-order valence-corrected chi connectivity index (χ2v) is 7.02. The van der Waals surface area contributed by atoms with Crippen LogP contribution in [0.3, 0.4) is 0 Å². The van der Waals surface area contributed by atoms with Gasteiger partial charge in [-0.25, -0.2) is 0 Å². The summed E-state index contributed by atoms with van der Waals surface area (Å²) in [5, 5.41) is 11.3. The standard InChI is InChI=1S/C23H14S/c1-2-3-15-4-5-16-14-22-17(13-18(16)12-15)6-7-19-20(22)8-9-23-21(19)10-11-24-23/h4-14H,1H3. The fourth-order valence-electron chi connectivity index (χ4n) is 3.56. The third-order valence-corrected chi connectivity index (χ3v) is 5.56. The first kappa shape index (κ1) is 13.6. The van der Waals surface area contributed by atoms with Gasteiger partial charge in [-0.05, 0) is 81.0 Å². The maximum absolute atomic E-state index is 3.15. The average molecular weight is 322 g/mol. The summed E-state index contributed by atoms with van der Waals surface area (Å²) in [6.07, 6.45) is 0. The Hall–Kier alpha value is -2.82. The summed E-state index contributed by atoms with van der Waals surface area (Å²) in [6, 6.07) is 22.3. The van der Waals surface area contributed by atoms with E-state index in [0.29, 0.717) is 0 Å². The number of fused-ring (bicyclic) bond motifs is 6. The van der Waals surface area contributed by atoms with E-state index in [1.54, 1.807) is 11.3 Å². The predicted molar refractivity (Wildman–Crippen MR) is 107 cm³/mol. The van der Waals surface area contributed by atoms with Gasteiger partial charge in [0.1, 0.15) is 0 Å². The Kier molecular flexibility index (Phi) is 2.89. The van der Waals surface area contributed by atoms with Crippen molar-refractivity contribution in [1.29, 1.82) is 0 Å². The highest BCUT2D eigenvalue weighted by Gasteiger charge is 2.07. The maximum Gasteiger partial charge on any atom is 0.0349 e. The molecular formula is C23H14S. The zero-order valence-electron chi connectivity index (χ0n) is 13.3. The molecule has 0 aliphatic rings. The van der Waals surface area contributed by atoms with Crippen LogP contribution >= 0.6 is 11.3 Å². The van der Waals surface area contributed by atoms with Crippen LogP contribution in [0.2, 0.25) is 0 Å². The second-order valence-electron chi connectivity index (χ2n) is 6.07. The zero-order chi connectivity index (χ0) is 16.1. The molecule has 0 unspecified atom stereocenters. The van der Waals surface area contributed by atoms with Gasteiger partial charge in [0.15, 0.2) is 0 Å². The van der Waals surface area contributed by atoms with Gasteiger partial charge in [-0.1, -0.05) is 30.2 Å². The lowest BCUT2D eigenvalue weighted by Crippen LogP contribution is -1.82. The van der Waals surface area contributed by atoms with Crippen LogP contribution in [-0.4, -0.2) is 0 Å². The first-order valence-electron chi connectivity index (χ1n) is 8.03. The largest absolute Gasteiger partial charge is 0.144 e. The van der Waals surface area contributed by atoms with Crippen molar-refractivity contribution >= 4 is 53.7 Å². The normalized spacial score (nSPS) is 11.2. The summed E-state index contributed by atoms with van der Waals surface area (Å²) in [6.45, 7) is 1.88. The highest BCUT2D eigenvalue weighted by Crippen LogP contribution is 2.35. The van der Waals surface area contributed by atoms with Crippen LogP contribution in [0, 0.1) is 11.8 Å². The molecule has 0 saturated heterocycles. The lowest BCUT2D eigenvalue weighted by Gasteiger charge is -2.08. The highest BCUT2D eigenvalue weighted by atomic mass is 32.1. The minimum Gasteiger partial charge on any atom is -0.144 e. The van der Waals surface area contributed by atoms with Crippen LogP contribution in [0.25, 0.3) is 42.4 Å². The highest BCUT2D eigenvalue weighted by molar-refractivity contribution is 7.17. The molecule has 4 aromatic carbocycles. The topological polar surface area (TPSA) is 0 Å². The minimum atomic E-state index is 1.07. The molecule has 5 rings (SSSR count). The number of benzene rings is 4. The van der Waals surface area contributed by atoms with Gasteiger partial charge in [0, 0.05) is 15.6 Å². The second kappa shape index (κ2) is 5.09. The number of hydrogen-bond acceptors (Lipinski definition) is 1. The molecule has 0 amide bonds. The first-order valence-corrected chi connectivity index (χ1v) is 8.91. The number of rotatable bonds is 0. The Balaban J connectivity index is 1.90. The third kappa shape index (κ3) is 1.94. The fourth-order valence-corrected chi connectivity index (χ4v) is 4.36. The molecule has 5 aromatic rings. The lowest BCUT2D eigenvalue weighted by molar-refractivity contribution is 1.71. The van der Waals surface area contributed by atoms with Crippen molar-refractivity contribution in [1.82, 2.24) is 0 Å². The molecule has 0 aliphatic heterocycles.